The number of methoxy groups -OCH3 is 1. The third kappa shape index (κ3) is 3.94. The number of hydrogen-bond acceptors (Lipinski definition) is 2. The van der Waals surface area contributed by atoms with Gasteiger partial charge in [-0.25, -0.2) is 0 Å². The minimum Gasteiger partial charge on any atom is -0.496 e. The van der Waals surface area contributed by atoms with E-state index in [2.05, 4.69) is 62.8 Å². The third-order valence-electron chi connectivity index (χ3n) is 2.96. The van der Waals surface area contributed by atoms with Gasteiger partial charge in [-0.2, -0.15) is 0 Å². The van der Waals surface area contributed by atoms with Crippen molar-refractivity contribution in [3.8, 4) is 5.75 Å². The van der Waals surface area contributed by atoms with Crippen molar-refractivity contribution in [3.63, 3.8) is 0 Å². The lowest BCUT2D eigenvalue weighted by Crippen LogP contribution is -2.14. The van der Waals surface area contributed by atoms with E-state index in [0.717, 1.165) is 27.8 Å². The van der Waals surface area contributed by atoms with E-state index in [1.165, 1.54) is 3.57 Å². The van der Waals surface area contributed by atoms with Crippen LogP contribution in [0.5, 0.6) is 5.75 Å². The maximum absolute atomic E-state index is 6.30. The predicted octanol–water partition coefficient (Wildman–Crippen LogP) is 4.30. The van der Waals surface area contributed by atoms with Gasteiger partial charge >= 0.3 is 0 Å². The van der Waals surface area contributed by atoms with Crippen molar-refractivity contribution in [2.45, 2.75) is 12.5 Å². The largest absolute Gasteiger partial charge is 0.496 e. The van der Waals surface area contributed by atoms with Gasteiger partial charge in [0.05, 0.1) is 7.11 Å². The second kappa shape index (κ2) is 6.72. The van der Waals surface area contributed by atoms with E-state index in [1.807, 2.05) is 18.2 Å². The topological polar surface area (TPSA) is 35.2 Å². The van der Waals surface area contributed by atoms with Gasteiger partial charge in [-0.05, 0) is 70.5 Å². The molecule has 0 spiro atoms. The van der Waals surface area contributed by atoms with Crippen LogP contribution in [-0.4, -0.2) is 7.11 Å². The fraction of sp³-hybridized carbons (Fsp3) is 0.200. The maximum atomic E-state index is 6.30. The number of benzene rings is 2. The van der Waals surface area contributed by atoms with Gasteiger partial charge < -0.3 is 10.5 Å². The van der Waals surface area contributed by atoms with E-state index in [-0.39, 0.29) is 6.04 Å². The van der Waals surface area contributed by atoms with Crippen LogP contribution in [0.1, 0.15) is 17.2 Å². The summed E-state index contributed by atoms with van der Waals surface area (Å²) in [7, 11) is 1.68. The van der Waals surface area contributed by atoms with Gasteiger partial charge in [-0.1, -0.05) is 28.1 Å². The first-order chi connectivity index (χ1) is 9.10. The molecule has 1 unspecified atom stereocenters. The van der Waals surface area contributed by atoms with Crippen molar-refractivity contribution in [2.75, 3.05) is 7.11 Å². The van der Waals surface area contributed by atoms with Crippen LogP contribution < -0.4 is 10.5 Å². The monoisotopic (exact) mass is 431 g/mol. The molecule has 2 aromatic carbocycles. The summed E-state index contributed by atoms with van der Waals surface area (Å²) >= 11 is 5.79. The Balaban J connectivity index is 2.23. The standard InChI is InChI=1S/C15H15BrINO/c1-19-15-6-5-12(16)7-11(15)9-14(18)10-3-2-4-13(17)8-10/h2-8,14H,9,18H2,1H3. The molecule has 0 aliphatic rings. The molecule has 19 heavy (non-hydrogen) atoms. The first-order valence-corrected chi connectivity index (χ1v) is 7.81. The van der Waals surface area contributed by atoms with Crippen molar-refractivity contribution in [1.82, 2.24) is 0 Å². The second-order valence-electron chi connectivity index (χ2n) is 4.32. The van der Waals surface area contributed by atoms with Gasteiger partial charge in [0, 0.05) is 14.1 Å². The quantitative estimate of drug-likeness (QED) is 0.732. The Morgan fingerprint density at radius 1 is 1.26 bits per heavy atom. The van der Waals surface area contributed by atoms with E-state index in [4.69, 9.17) is 10.5 Å². The summed E-state index contributed by atoms with van der Waals surface area (Å²) in [5, 5.41) is 0. The highest BCUT2D eigenvalue weighted by molar-refractivity contribution is 14.1. The van der Waals surface area contributed by atoms with E-state index >= 15 is 0 Å². The molecule has 0 radical (unpaired) electrons. The van der Waals surface area contributed by atoms with E-state index < -0.39 is 0 Å². The van der Waals surface area contributed by atoms with Crippen LogP contribution in [0, 0.1) is 3.57 Å². The number of ether oxygens (including phenoxy) is 1. The van der Waals surface area contributed by atoms with Gasteiger partial charge in [-0.3, -0.25) is 0 Å². The molecule has 0 aliphatic carbocycles. The molecule has 0 saturated carbocycles. The summed E-state index contributed by atoms with van der Waals surface area (Å²) in [4.78, 5) is 0. The summed E-state index contributed by atoms with van der Waals surface area (Å²) in [5.74, 6) is 0.879. The molecular formula is C15H15BrINO. The van der Waals surface area contributed by atoms with E-state index in [9.17, 15) is 0 Å². The van der Waals surface area contributed by atoms with Crippen molar-refractivity contribution in [1.29, 1.82) is 0 Å². The van der Waals surface area contributed by atoms with Gasteiger partial charge in [0.15, 0.2) is 0 Å². The SMILES string of the molecule is COc1ccc(Br)cc1CC(N)c1cccc(I)c1. The first-order valence-electron chi connectivity index (χ1n) is 5.93. The molecule has 4 heteroatoms. The number of hydrogen-bond donors (Lipinski definition) is 1. The lowest BCUT2D eigenvalue weighted by atomic mass is 9.99. The summed E-state index contributed by atoms with van der Waals surface area (Å²) < 4.78 is 7.62. The molecular weight excluding hydrogens is 417 g/mol. The molecule has 0 fully saturated rings. The minimum atomic E-state index is -0.0297. The Kier molecular flexibility index (Phi) is 5.24. The van der Waals surface area contributed by atoms with Crippen LogP contribution in [0.4, 0.5) is 0 Å². The smallest absolute Gasteiger partial charge is 0.122 e. The first kappa shape index (κ1) is 14.8. The van der Waals surface area contributed by atoms with Crippen molar-refractivity contribution >= 4 is 38.5 Å². The Hall–Kier alpha value is -0.590. The number of halogens is 2. The molecule has 100 valence electrons. The van der Waals surface area contributed by atoms with E-state index in [0.29, 0.717) is 0 Å². The summed E-state index contributed by atoms with van der Waals surface area (Å²) in [6, 6.07) is 14.3. The second-order valence-corrected chi connectivity index (χ2v) is 6.48. The van der Waals surface area contributed by atoms with Crippen LogP contribution in [0.15, 0.2) is 46.9 Å². The van der Waals surface area contributed by atoms with Crippen LogP contribution in [0.3, 0.4) is 0 Å². The Labute approximate surface area is 135 Å². The van der Waals surface area contributed by atoms with Gasteiger partial charge in [0.1, 0.15) is 5.75 Å². The lowest BCUT2D eigenvalue weighted by molar-refractivity contribution is 0.408. The zero-order valence-corrected chi connectivity index (χ0v) is 14.3. The maximum Gasteiger partial charge on any atom is 0.122 e. The Morgan fingerprint density at radius 2 is 2.05 bits per heavy atom. The van der Waals surface area contributed by atoms with Gasteiger partial charge in [0.25, 0.3) is 0 Å². The molecule has 0 saturated heterocycles. The molecule has 2 aromatic rings. The van der Waals surface area contributed by atoms with E-state index in [1.54, 1.807) is 7.11 Å². The number of nitrogens with two attached hydrogens (primary N) is 1. The summed E-state index contributed by atoms with van der Waals surface area (Å²) in [5.41, 5.74) is 8.56. The van der Waals surface area contributed by atoms with Gasteiger partial charge in [0.2, 0.25) is 0 Å². The fourth-order valence-corrected chi connectivity index (χ4v) is 2.97. The van der Waals surface area contributed by atoms with Crippen LogP contribution in [0.25, 0.3) is 0 Å². The highest BCUT2D eigenvalue weighted by atomic mass is 127. The van der Waals surface area contributed by atoms with Gasteiger partial charge in [-0.15, -0.1) is 0 Å². The minimum absolute atomic E-state index is 0.0297. The molecule has 0 aliphatic heterocycles. The molecule has 0 aromatic heterocycles. The molecule has 1 atom stereocenters. The predicted molar refractivity (Wildman–Crippen MR) is 90.5 cm³/mol. The molecule has 0 amide bonds. The fourth-order valence-electron chi connectivity index (χ4n) is 2.00. The molecule has 2 rings (SSSR count). The highest BCUT2D eigenvalue weighted by Crippen LogP contribution is 2.27. The van der Waals surface area contributed by atoms with Crippen LogP contribution >= 0.6 is 38.5 Å². The number of rotatable bonds is 4. The molecule has 2 nitrogen and oxygen atoms in total. The van der Waals surface area contributed by atoms with Crippen LogP contribution in [0.2, 0.25) is 0 Å². The Bertz CT molecular complexity index is 574. The average Bonchev–Trinajstić information content (AvgIpc) is 2.39. The normalized spacial score (nSPS) is 12.2. The van der Waals surface area contributed by atoms with Crippen molar-refractivity contribution < 1.29 is 4.74 Å². The molecule has 0 bridgehead atoms. The third-order valence-corrected chi connectivity index (χ3v) is 4.12. The zero-order valence-electron chi connectivity index (χ0n) is 10.6. The average molecular weight is 432 g/mol. The summed E-state index contributed by atoms with van der Waals surface area (Å²) in [6.45, 7) is 0. The Morgan fingerprint density at radius 3 is 2.74 bits per heavy atom. The van der Waals surface area contributed by atoms with Crippen LogP contribution in [-0.2, 0) is 6.42 Å². The zero-order chi connectivity index (χ0) is 13.8. The van der Waals surface area contributed by atoms with Crippen molar-refractivity contribution in [2.24, 2.45) is 5.73 Å². The molecule has 2 N–H and O–H groups in total. The summed E-state index contributed by atoms with van der Waals surface area (Å²) in [6.07, 6.45) is 0.753. The molecule has 0 heterocycles. The van der Waals surface area contributed by atoms with Crippen molar-refractivity contribution in [3.05, 3.63) is 61.6 Å². The lowest BCUT2D eigenvalue weighted by Gasteiger charge is -2.15. The highest BCUT2D eigenvalue weighted by Gasteiger charge is 2.11.